The molecule has 0 radical (unpaired) electrons. The van der Waals surface area contributed by atoms with Crippen molar-refractivity contribution in [3.8, 4) is 0 Å². The average Bonchev–Trinajstić information content (AvgIpc) is 2.68. The molecule has 2 atom stereocenters. The van der Waals surface area contributed by atoms with Crippen LogP contribution in [-0.2, 0) is 4.74 Å². The first-order chi connectivity index (χ1) is 7.65. The van der Waals surface area contributed by atoms with E-state index in [9.17, 15) is 8.78 Å². The first kappa shape index (κ1) is 11.5. The van der Waals surface area contributed by atoms with Gasteiger partial charge in [0.1, 0.15) is 11.6 Å². The number of benzene rings is 1. The van der Waals surface area contributed by atoms with Crippen LogP contribution >= 0.6 is 0 Å². The zero-order chi connectivity index (χ0) is 11.5. The van der Waals surface area contributed by atoms with Crippen molar-refractivity contribution in [1.82, 2.24) is 0 Å². The summed E-state index contributed by atoms with van der Waals surface area (Å²) in [6.45, 7) is 1.46. The molecule has 0 aromatic heterocycles. The quantitative estimate of drug-likeness (QED) is 0.860. The molecule has 4 heteroatoms. The van der Waals surface area contributed by atoms with Crippen molar-refractivity contribution in [2.45, 2.75) is 18.9 Å². The second kappa shape index (κ2) is 4.89. The maximum Gasteiger partial charge on any atom is 0.126 e. The molecule has 16 heavy (non-hydrogen) atoms. The van der Waals surface area contributed by atoms with Gasteiger partial charge in [-0.2, -0.15) is 0 Å². The van der Waals surface area contributed by atoms with Gasteiger partial charge in [0.05, 0.1) is 0 Å². The molecule has 0 bridgehead atoms. The minimum absolute atomic E-state index is 0.322. The summed E-state index contributed by atoms with van der Waals surface area (Å²) in [5, 5.41) is 0. The lowest BCUT2D eigenvalue weighted by molar-refractivity contribution is 0.182. The highest BCUT2D eigenvalue weighted by molar-refractivity contribution is 5.21. The Balaban J connectivity index is 2.04. The van der Waals surface area contributed by atoms with Gasteiger partial charge in [-0.3, -0.25) is 0 Å². The maximum absolute atomic E-state index is 13.0. The van der Waals surface area contributed by atoms with Crippen LogP contribution in [0.2, 0.25) is 0 Å². The Morgan fingerprint density at radius 1 is 1.31 bits per heavy atom. The topological polar surface area (TPSA) is 35.2 Å². The molecule has 2 rings (SSSR count). The molecule has 2 N–H and O–H groups in total. The predicted molar refractivity (Wildman–Crippen MR) is 56.8 cm³/mol. The van der Waals surface area contributed by atoms with E-state index in [2.05, 4.69) is 0 Å². The summed E-state index contributed by atoms with van der Waals surface area (Å²) in [4.78, 5) is 0. The van der Waals surface area contributed by atoms with E-state index in [1.165, 1.54) is 12.1 Å². The lowest BCUT2D eigenvalue weighted by Gasteiger charge is -2.15. The first-order valence-electron chi connectivity index (χ1n) is 5.44. The van der Waals surface area contributed by atoms with Crippen molar-refractivity contribution in [2.75, 3.05) is 13.2 Å². The normalized spacial score (nSPS) is 22.3. The Bertz CT molecular complexity index is 344. The molecule has 1 aliphatic rings. The van der Waals surface area contributed by atoms with Crippen LogP contribution in [0.1, 0.15) is 24.4 Å². The molecule has 0 spiro atoms. The summed E-state index contributed by atoms with van der Waals surface area (Å²) >= 11 is 0. The van der Waals surface area contributed by atoms with Crippen LogP contribution in [0.15, 0.2) is 18.2 Å². The van der Waals surface area contributed by atoms with Gasteiger partial charge in [-0.1, -0.05) is 0 Å². The summed E-state index contributed by atoms with van der Waals surface area (Å²) < 4.78 is 31.2. The third kappa shape index (κ3) is 2.77. The van der Waals surface area contributed by atoms with E-state index in [-0.39, 0.29) is 6.04 Å². The number of nitrogens with two attached hydrogens (primary N) is 1. The average molecular weight is 227 g/mol. The second-order valence-electron chi connectivity index (χ2n) is 4.27. The van der Waals surface area contributed by atoms with E-state index < -0.39 is 11.6 Å². The minimum atomic E-state index is -0.576. The molecule has 1 aromatic rings. The molecule has 0 saturated carbocycles. The molecular weight excluding hydrogens is 212 g/mol. The van der Waals surface area contributed by atoms with Crippen molar-refractivity contribution in [3.05, 3.63) is 35.4 Å². The Hall–Kier alpha value is -1.00. The van der Waals surface area contributed by atoms with Crippen molar-refractivity contribution >= 4 is 0 Å². The highest BCUT2D eigenvalue weighted by Gasteiger charge is 2.20. The van der Waals surface area contributed by atoms with Crippen LogP contribution in [0.25, 0.3) is 0 Å². The van der Waals surface area contributed by atoms with Crippen LogP contribution in [-0.4, -0.2) is 13.2 Å². The smallest absolute Gasteiger partial charge is 0.126 e. The van der Waals surface area contributed by atoms with Gasteiger partial charge in [-0.05, 0) is 36.5 Å². The highest BCUT2D eigenvalue weighted by Crippen LogP contribution is 2.25. The molecule has 2 nitrogen and oxygen atoms in total. The van der Waals surface area contributed by atoms with Gasteiger partial charge < -0.3 is 10.5 Å². The zero-order valence-electron chi connectivity index (χ0n) is 8.96. The van der Waals surface area contributed by atoms with E-state index in [4.69, 9.17) is 10.5 Å². The number of hydrogen-bond acceptors (Lipinski definition) is 2. The standard InChI is InChI=1S/C12H15F2NO/c13-10-4-9(5-11(14)6-10)12(15)3-8-1-2-16-7-8/h4-6,8,12H,1-3,7,15H2. The number of hydrogen-bond donors (Lipinski definition) is 1. The molecule has 1 saturated heterocycles. The Kier molecular flexibility index (Phi) is 3.51. The van der Waals surface area contributed by atoms with Gasteiger partial charge in [0.15, 0.2) is 0 Å². The highest BCUT2D eigenvalue weighted by atomic mass is 19.1. The number of rotatable bonds is 3. The number of halogens is 2. The molecular formula is C12H15F2NO. The third-order valence-corrected chi connectivity index (χ3v) is 2.92. The first-order valence-corrected chi connectivity index (χ1v) is 5.44. The third-order valence-electron chi connectivity index (χ3n) is 2.92. The van der Waals surface area contributed by atoms with Crippen molar-refractivity contribution in [3.63, 3.8) is 0 Å². The van der Waals surface area contributed by atoms with Crippen LogP contribution < -0.4 is 5.73 Å². The van der Waals surface area contributed by atoms with E-state index in [0.717, 1.165) is 19.1 Å². The molecule has 0 aliphatic carbocycles. The summed E-state index contributed by atoms with van der Waals surface area (Å²) in [5.74, 6) is -0.748. The Morgan fingerprint density at radius 2 is 2.00 bits per heavy atom. The molecule has 1 aromatic carbocycles. The van der Waals surface area contributed by atoms with Gasteiger partial charge in [0, 0.05) is 25.3 Å². The monoisotopic (exact) mass is 227 g/mol. The van der Waals surface area contributed by atoms with Crippen LogP contribution in [0.5, 0.6) is 0 Å². The van der Waals surface area contributed by atoms with Gasteiger partial charge in [-0.25, -0.2) is 8.78 Å². The van der Waals surface area contributed by atoms with E-state index in [0.29, 0.717) is 24.5 Å². The van der Waals surface area contributed by atoms with Gasteiger partial charge in [0.25, 0.3) is 0 Å². The molecule has 1 aliphatic heterocycles. The fourth-order valence-electron chi connectivity index (χ4n) is 2.05. The molecule has 0 amide bonds. The van der Waals surface area contributed by atoms with Crippen LogP contribution in [0.4, 0.5) is 8.78 Å². The summed E-state index contributed by atoms with van der Waals surface area (Å²) in [6, 6.07) is 3.12. The Labute approximate surface area is 93.4 Å². The van der Waals surface area contributed by atoms with Gasteiger partial charge in [-0.15, -0.1) is 0 Å². The molecule has 1 fully saturated rings. The van der Waals surface area contributed by atoms with E-state index in [1.807, 2.05) is 0 Å². The maximum atomic E-state index is 13.0. The Morgan fingerprint density at radius 3 is 2.56 bits per heavy atom. The molecule has 88 valence electrons. The van der Waals surface area contributed by atoms with Crippen LogP contribution in [0, 0.1) is 17.6 Å². The predicted octanol–water partition coefficient (Wildman–Crippen LogP) is 2.39. The minimum Gasteiger partial charge on any atom is -0.381 e. The van der Waals surface area contributed by atoms with Crippen molar-refractivity contribution < 1.29 is 13.5 Å². The fourth-order valence-corrected chi connectivity index (χ4v) is 2.05. The van der Waals surface area contributed by atoms with Gasteiger partial charge >= 0.3 is 0 Å². The molecule has 1 heterocycles. The fraction of sp³-hybridized carbons (Fsp3) is 0.500. The van der Waals surface area contributed by atoms with Crippen molar-refractivity contribution in [2.24, 2.45) is 11.7 Å². The van der Waals surface area contributed by atoms with Gasteiger partial charge in [0.2, 0.25) is 0 Å². The number of ether oxygens (including phenoxy) is 1. The zero-order valence-corrected chi connectivity index (χ0v) is 8.96. The van der Waals surface area contributed by atoms with Crippen LogP contribution in [0.3, 0.4) is 0 Å². The van der Waals surface area contributed by atoms with E-state index in [1.54, 1.807) is 0 Å². The lowest BCUT2D eigenvalue weighted by Crippen LogP contribution is -2.16. The summed E-state index contributed by atoms with van der Waals surface area (Å²) in [5.41, 5.74) is 6.44. The SMILES string of the molecule is NC(CC1CCOC1)c1cc(F)cc(F)c1. The lowest BCUT2D eigenvalue weighted by atomic mass is 9.95. The largest absolute Gasteiger partial charge is 0.381 e. The van der Waals surface area contributed by atoms with E-state index >= 15 is 0 Å². The molecule has 2 unspecified atom stereocenters. The van der Waals surface area contributed by atoms with Crippen molar-refractivity contribution in [1.29, 1.82) is 0 Å². The summed E-state index contributed by atoms with van der Waals surface area (Å²) in [6.07, 6.45) is 1.69. The second-order valence-corrected chi connectivity index (χ2v) is 4.27. The summed E-state index contributed by atoms with van der Waals surface area (Å²) in [7, 11) is 0.